The van der Waals surface area contributed by atoms with Crippen LogP contribution in [0.15, 0.2) is 66.9 Å². The molecule has 178 valence electrons. The minimum absolute atomic E-state index is 0.451. The molecule has 0 aliphatic rings. The van der Waals surface area contributed by atoms with E-state index in [4.69, 9.17) is 0 Å². The van der Waals surface area contributed by atoms with Crippen molar-refractivity contribution in [2.45, 2.75) is 85.7 Å². The maximum absolute atomic E-state index is 15.7. The lowest BCUT2D eigenvalue weighted by molar-refractivity contribution is 0.152. The summed E-state index contributed by atoms with van der Waals surface area (Å²) in [5.74, 6) is 0.567. The van der Waals surface area contributed by atoms with Crippen molar-refractivity contribution >= 4 is 0 Å². The van der Waals surface area contributed by atoms with Crippen molar-refractivity contribution in [2.75, 3.05) is 0 Å². The Kier molecular flexibility index (Phi) is 10.8. The van der Waals surface area contributed by atoms with Gasteiger partial charge in [0.1, 0.15) is 5.67 Å². The second-order valence-corrected chi connectivity index (χ2v) is 9.30. The van der Waals surface area contributed by atoms with E-state index in [2.05, 4.69) is 63.0 Å². The molecule has 0 spiro atoms. The Labute approximate surface area is 201 Å². The number of nitrogens with zero attached hydrogens (tertiary/aromatic N) is 1. The van der Waals surface area contributed by atoms with Crippen molar-refractivity contribution < 1.29 is 4.39 Å². The predicted octanol–water partition coefficient (Wildman–Crippen LogP) is 9.80. The van der Waals surface area contributed by atoms with E-state index < -0.39 is 5.67 Å². The van der Waals surface area contributed by atoms with E-state index in [1.807, 2.05) is 50.4 Å². The van der Waals surface area contributed by atoms with E-state index in [0.29, 0.717) is 18.8 Å². The molecule has 0 radical (unpaired) electrons. The van der Waals surface area contributed by atoms with E-state index in [1.54, 1.807) is 0 Å². The average Bonchev–Trinajstić information content (AvgIpc) is 2.84. The van der Waals surface area contributed by atoms with Gasteiger partial charge in [0.2, 0.25) is 0 Å². The Balaban J connectivity index is 0.000000696. The van der Waals surface area contributed by atoms with Gasteiger partial charge in [-0.3, -0.25) is 4.98 Å². The molecule has 0 aliphatic carbocycles. The fraction of sp³-hybridized carbons (Fsp3) is 0.452. The van der Waals surface area contributed by atoms with Crippen LogP contribution >= 0.6 is 0 Å². The van der Waals surface area contributed by atoms with E-state index in [-0.39, 0.29) is 0 Å². The van der Waals surface area contributed by atoms with Crippen molar-refractivity contribution in [3.05, 3.63) is 78.0 Å². The molecule has 33 heavy (non-hydrogen) atoms. The SMILES string of the molecule is CCC(F)(CC)c1ccc(-c2ccccc2)cc1-c1cc(CC(C)C)ccn1.CCCCC. The summed E-state index contributed by atoms with van der Waals surface area (Å²) >= 11 is 0. The molecule has 1 nitrogen and oxygen atoms in total. The normalized spacial score (nSPS) is 11.3. The largest absolute Gasteiger partial charge is 0.256 e. The second kappa shape index (κ2) is 13.3. The minimum Gasteiger partial charge on any atom is -0.256 e. The summed E-state index contributed by atoms with van der Waals surface area (Å²) in [4.78, 5) is 4.63. The van der Waals surface area contributed by atoms with Crippen LogP contribution < -0.4 is 0 Å². The van der Waals surface area contributed by atoms with Crippen LogP contribution in [0.5, 0.6) is 0 Å². The molecule has 0 saturated heterocycles. The van der Waals surface area contributed by atoms with Crippen LogP contribution in [0.2, 0.25) is 0 Å². The number of benzene rings is 2. The van der Waals surface area contributed by atoms with Gasteiger partial charge in [-0.25, -0.2) is 4.39 Å². The molecule has 0 N–H and O–H groups in total. The third-order valence-electron chi connectivity index (χ3n) is 6.18. The first-order valence-electron chi connectivity index (χ1n) is 12.7. The molecule has 0 atom stereocenters. The van der Waals surface area contributed by atoms with Gasteiger partial charge >= 0.3 is 0 Å². The second-order valence-electron chi connectivity index (χ2n) is 9.30. The van der Waals surface area contributed by atoms with E-state index in [1.165, 1.54) is 24.8 Å². The maximum Gasteiger partial charge on any atom is 0.136 e. The zero-order valence-corrected chi connectivity index (χ0v) is 21.5. The van der Waals surface area contributed by atoms with Crippen LogP contribution in [0, 0.1) is 5.92 Å². The van der Waals surface area contributed by atoms with Gasteiger partial charge < -0.3 is 0 Å². The van der Waals surface area contributed by atoms with Crippen molar-refractivity contribution in [1.82, 2.24) is 4.98 Å². The first kappa shape index (κ1) is 26.8. The molecule has 2 aromatic carbocycles. The number of halogens is 1. The molecule has 1 heterocycles. The Hall–Kier alpha value is -2.48. The number of hydrogen-bond acceptors (Lipinski definition) is 1. The van der Waals surface area contributed by atoms with Crippen LogP contribution in [-0.2, 0) is 12.1 Å². The average molecular weight is 448 g/mol. The Morgan fingerprint density at radius 3 is 2.03 bits per heavy atom. The van der Waals surface area contributed by atoms with Crippen LogP contribution in [0.4, 0.5) is 4.39 Å². The van der Waals surface area contributed by atoms with Gasteiger partial charge in [0.05, 0.1) is 5.69 Å². The molecule has 0 saturated carbocycles. The van der Waals surface area contributed by atoms with Crippen LogP contribution in [0.3, 0.4) is 0 Å². The quantitative estimate of drug-likeness (QED) is 0.318. The number of aromatic nitrogens is 1. The number of unbranched alkanes of at least 4 members (excludes halogenated alkanes) is 2. The van der Waals surface area contributed by atoms with Crippen LogP contribution in [0.1, 0.15) is 84.8 Å². The molecule has 3 rings (SSSR count). The lowest BCUT2D eigenvalue weighted by Crippen LogP contribution is -2.19. The zero-order valence-electron chi connectivity index (χ0n) is 21.5. The van der Waals surface area contributed by atoms with Gasteiger partial charge in [0.25, 0.3) is 0 Å². The van der Waals surface area contributed by atoms with Crippen molar-refractivity contribution in [3.63, 3.8) is 0 Å². The third kappa shape index (κ3) is 7.52. The van der Waals surface area contributed by atoms with Gasteiger partial charge in [-0.05, 0) is 65.6 Å². The van der Waals surface area contributed by atoms with Gasteiger partial charge in [0.15, 0.2) is 0 Å². The lowest BCUT2D eigenvalue weighted by atomic mass is 9.84. The maximum atomic E-state index is 15.7. The van der Waals surface area contributed by atoms with E-state index >= 15 is 4.39 Å². The molecule has 0 amide bonds. The first-order valence-corrected chi connectivity index (χ1v) is 12.7. The highest BCUT2D eigenvalue weighted by molar-refractivity contribution is 5.75. The number of pyridine rings is 1. The van der Waals surface area contributed by atoms with Gasteiger partial charge in [0, 0.05) is 11.8 Å². The first-order chi connectivity index (χ1) is 15.9. The summed E-state index contributed by atoms with van der Waals surface area (Å²) in [6.45, 7) is 12.7. The monoisotopic (exact) mass is 447 g/mol. The van der Waals surface area contributed by atoms with Crippen molar-refractivity contribution in [3.8, 4) is 22.4 Å². The van der Waals surface area contributed by atoms with Gasteiger partial charge in [-0.1, -0.05) is 103 Å². The highest BCUT2D eigenvalue weighted by Gasteiger charge is 2.31. The molecule has 2 heteroatoms. The molecule has 0 fully saturated rings. The molecule has 0 bridgehead atoms. The summed E-state index contributed by atoms with van der Waals surface area (Å²) in [6, 6.07) is 20.5. The minimum atomic E-state index is -1.35. The Bertz CT molecular complexity index is 956. The van der Waals surface area contributed by atoms with E-state index in [0.717, 1.165) is 34.4 Å². The summed E-state index contributed by atoms with van der Waals surface area (Å²) in [7, 11) is 0. The fourth-order valence-electron chi connectivity index (χ4n) is 4.16. The molecule has 1 aromatic heterocycles. The lowest BCUT2D eigenvalue weighted by Gasteiger charge is -2.26. The molecule has 3 aromatic rings. The molecular weight excluding hydrogens is 405 g/mol. The van der Waals surface area contributed by atoms with Crippen LogP contribution in [0.25, 0.3) is 22.4 Å². The number of alkyl halides is 1. The standard InChI is InChI=1S/C26H30FN.C5H12/c1-5-26(27,6-2)24-13-12-22(21-10-8-7-9-11-21)18-23(24)25-17-20(14-15-28-25)16-19(3)4;1-3-5-4-2/h7-15,17-19H,5-6,16H2,1-4H3;3-5H2,1-2H3. The van der Waals surface area contributed by atoms with Crippen LogP contribution in [-0.4, -0.2) is 4.98 Å². The molecular formula is C31H42FN. The number of hydrogen-bond donors (Lipinski definition) is 0. The Morgan fingerprint density at radius 2 is 1.48 bits per heavy atom. The fourth-order valence-corrected chi connectivity index (χ4v) is 4.16. The van der Waals surface area contributed by atoms with Crippen molar-refractivity contribution in [1.29, 1.82) is 0 Å². The zero-order chi connectivity index (χ0) is 24.3. The Morgan fingerprint density at radius 1 is 0.818 bits per heavy atom. The van der Waals surface area contributed by atoms with Crippen molar-refractivity contribution in [2.24, 2.45) is 5.92 Å². The third-order valence-corrected chi connectivity index (χ3v) is 6.18. The topological polar surface area (TPSA) is 12.9 Å². The smallest absolute Gasteiger partial charge is 0.136 e. The summed E-state index contributed by atoms with van der Waals surface area (Å²) in [6.07, 6.45) is 7.82. The van der Waals surface area contributed by atoms with Gasteiger partial charge in [-0.2, -0.15) is 0 Å². The van der Waals surface area contributed by atoms with Gasteiger partial charge in [-0.15, -0.1) is 0 Å². The molecule has 0 unspecified atom stereocenters. The highest BCUT2D eigenvalue weighted by Crippen LogP contribution is 2.41. The number of rotatable bonds is 9. The van der Waals surface area contributed by atoms with E-state index in [9.17, 15) is 0 Å². The predicted molar refractivity (Wildman–Crippen MR) is 142 cm³/mol. The highest BCUT2D eigenvalue weighted by atomic mass is 19.1. The summed E-state index contributed by atoms with van der Waals surface area (Å²) < 4.78 is 15.7. The summed E-state index contributed by atoms with van der Waals surface area (Å²) in [5, 5.41) is 0. The molecule has 0 aliphatic heterocycles. The summed E-state index contributed by atoms with van der Waals surface area (Å²) in [5.41, 5.74) is 4.62.